The van der Waals surface area contributed by atoms with Gasteiger partial charge in [-0.1, -0.05) is 135 Å². The number of carbonyl (C=O) groups excluding carboxylic acids is 6. The summed E-state index contributed by atoms with van der Waals surface area (Å²) in [5.41, 5.74) is 4.12. The molecule has 12 heteroatoms. The third-order valence-electron chi connectivity index (χ3n) is 10.3. The first-order valence-electron chi connectivity index (χ1n) is 22.1. The van der Waals surface area contributed by atoms with E-state index in [-0.39, 0.29) is 12.2 Å². The molecule has 66 heavy (non-hydrogen) atoms. The number of ether oxygens (including phenoxy) is 4. The Morgan fingerprint density at radius 2 is 1.20 bits per heavy atom. The number of isocyanates is 1. The van der Waals surface area contributed by atoms with Crippen LogP contribution in [0.25, 0.3) is 0 Å². The number of hydrogen-bond donors (Lipinski definition) is 1. The van der Waals surface area contributed by atoms with Gasteiger partial charge in [0.15, 0.2) is 11.9 Å². The zero-order valence-electron chi connectivity index (χ0n) is 42.0. The predicted molar refractivity (Wildman–Crippen MR) is 260 cm³/mol. The molecule has 2 aliphatic carbocycles. The second-order valence-electron chi connectivity index (χ2n) is 20.0. The van der Waals surface area contributed by atoms with E-state index in [0.717, 1.165) is 33.4 Å². The molecule has 12 nitrogen and oxygen atoms in total. The van der Waals surface area contributed by atoms with Gasteiger partial charge >= 0.3 is 18.0 Å². The van der Waals surface area contributed by atoms with Crippen LogP contribution >= 0.6 is 0 Å². The van der Waals surface area contributed by atoms with Crippen molar-refractivity contribution in [3.63, 3.8) is 0 Å². The molecule has 0 saturated carbocycles. The number of allylic oxidation sites excluding steroid dienone is 20. The summed E-state index contributed by atoms with van der Waals surface area (Å²) in [4.78, 5) is 77.8. The highest BCUT2D eigenvalue weighted by Crippen LogP contribution is 2.47. The molecule has 0 bridgehead atoms. The Morgan fingerprint density at radius 1 is 0.712 bits per heavy atom. The fourth-order valence-electron chi connectivity index (χ4n) is 7.44. The average molecular weight is 909 g/mol. The molecule has 0 radical (unpaired) electrons. The Bertz CT molecular complexity index is 2260. The first kappa shape index (κ1) is 56.2. The lowest BCUT2D eigenvalue weighted by molar-refractivity contribution is -0.263. The van der Waals surface area contributed by atoms with Crippen LogP contribution < -0.4 is 5.32 Å². The SMILES string of the molecule is CC(C=CC=C(C)C=CC1=C(C)C(=O)C(OC(=O)CNC(=O)OC(C)(C)C)CC1(C)C)=CC=CC=C(C)C=CC=C(C)C=CC1=C(C)C(=O)C(OC(=O)CN=C=O)(OC(C)(C)C)CC1(C)C. The molecule has 1 amide bonds. The predicted octanol–water partition coefficient (Wildman–Crippen LogP) is 11.0. The number of Topliss-reactive ketones (excluding diaryl/α,β-unsaturated/α-hetero) is 2. The van der Waals surface area contributed by atoms with E-state index in [9.17, 15) is 28.8 Å². The molecule has 0 aliphatic heterocycles. The van der Waals surface area contributed by atoms with Gasteiger partial charge in [0.2, 0.25) is 11.9 Å². The molecule has 0 aromatic heterocycles. The lowest BCUT2D eigenvalue weighted by Crippen LogP contribution is -2.56. The van der Waals surface area contributed by atoms with Crippen molar-refractivity contribution in [1.82, 2.24) is 5.32 Å². The zero-order chi connectivity index (χ0) is 50.3. The van der Waals surface area contributed by atoms with Crippen LogP contribution in [0.1, 0.15) is 124 Å². The number of nitrogens with zero attached hydrogens (tertiary/aromatic N) is 1. The van der Waals surface area contributed by atoms with Crippen LogP contribution in [0.4, 0.5) is 4.79 Å². The van der Waals surface area contributed by atoms with Gasteiger partial charge in [0.1, 0.15) is 18.7 Å². The summed E-state index contributed by atoms with van der Waals surface area (Å²) in [7, 11) is 0. The minimum absolute atomic E-state index is 0.0821. The highest BCUT2D eigenvalue weighted by molar-refractivity contribution is 6.04. The molecule has 2 atom stereocenters. The van der Waals surface area contributed by atoms with Crippen LogP contribution in [0, 0.1) is 10.8 Å². The van der Waals surface area contributed by atoms with E-state index in [0.29, 0.717) is 17.6 Å². The second kappa shape index (κ2) is 24.0. The Labute approximate surface area is 392 Å². The van der Waals surface area contributed by atoms with E-state index >= 15 is 0 Å². The number of alkyl carbamates (subject to hydrolysis) is 1. The molecule has 2 unspecified atom stereocenters. The van der Waals surface area contributed by atoms with Gasteiger partial charge < -0.3 is 24.3 Å². The smallest absolute Gasteiger partial charge is 0.408 e. The molecule has 0 fully saturated rings. The number of ketones is 2. The lowest BCUT2D eigenvalue weighted by Gasteiger charge is -2.46. The highest BCUT2D eigenvalue weighted by Gasteiger charge is 2.55. The highest BCUT2D eigenvalue weighted by atomic mass is 16.7. The summed E-state index contributed by atoms with van der Waals surface area (Å²) < 4.78 is 22.4. The molecule has 2 aliphatic rings. The van der Waals surface area contributed by atoms with Crippen molar-refractivity contribution in [2.45, 2.75) is 147 Å². The summed E-state index contributed by atoms with van der Waals surface area (Å²) in [6.07, 6.45) is 27.7. The Morgan fingerprint density at radius 3 is 1.68 bits per heavy atom. The quantitative estimate of drug-likeness (QED) is 0.0371. The van der Waals surface area contributed by atoms with Crippen LogP contribution in [-0.4, -0.2) is 71.9 Å². The summed E-state index contributed by atoms with van der Waals surface area (Å²) in [5, 5.41) is 2.37. The third-order valence-corrected chi connectivity index (χ3v) is 10.3. The lowest BCUT2D eigenvalue weighted by atomic mass is 9.69. The maximum Gasteiger partial charge on any atom is 0.408 e. The standard InChI is InChI=1S/C54H72N2O10/c1-36(23-19-25-38(3)27-29-42-40(5)47(60)44(31-52(42,13)14)63-45(58)33-56-49(62)65-50(7,8)9)21-17-18-22-37(2)24-20-26-39(4)28-30-43-41(6)48(61)54(34-53(43,15)16,66-51(10,11)12)64-46(59)32-55-35-57/h17-30,44H,31-34H2,1-16H3,(H,56,62). The van der Waals surface area contributed by atoms with Crippen molar-refractivity contribution >= 4 is 35.7 Å². The van der Waals surface area contributed by atoms with Crippen LogP contribution in [0.2, 0.25) is 0 Å². The largest absolute Gasteiger partial charge is 0.453 e. The molecule has 0 heterocycles. The molecular formula is C54H72N2O10. The molecule has 2 rings (SSSR count). The Kier molecular flexibility index (Phi) is 20.4. The van der Waals surface area contributed by atoms with Crippen LogP contribution in [-0.2, 0) is 42.9 Å². The van der Waals surface area contributed by atoms with Crippen molar-refractivity contribution in [2.24, 2.45) is 15.8 Å². The molecule has 0 aromatic carbocycles. The number of esters is 2. The van der Waals surface area contributed by atoms with Crippen molar-refractivity contribution in [1.29, 1.82) is 0 Å². The van der Waals surface area contributed by atoms with Crippen molar-refractivity contribution in [3.8, 4) is 0 Å². The number of carbonyl (C=O) groups is 5. The normalized spacial score (nSPS) is 21.4. The minimum Gasteiger partial charge on any atom is -0.453 e. The third kappa shape index (κ3) is 18.5. The topological polar surface area (TPSA) is 164 Å². The number of rotatable bonds is 17. The Balaban J connectivity index is 2.05. The van der Waals surface area contributed by atoms with Crippen molar-refractivity contribution in [3.05, 3.63) is 130 Å². The zero-order valence-corrected chi connectivity index (χ0v) is 42.0. The van der Waals surface area contributed by atoms with E-state index in [1.807, 2.05) is 140 Å². The summed E-state index contributed by atoms with van der Waals surface area (Å²) >= 11 is 0. The van der Waals surface area contributed by atoms with Gasteiger partial charge in [-0.3, -0.25) is 14.4 Å². The van der Waals surface area contributed by atoms with Gasteiger partial charge in [-0.2, -0.15) is 4.99 Å². The maximum atomic E-state index is 13.8. The minimum atomic E-state index is -1.86. The van der Waals surface area contributed by atoms with Gasteiger partial charge in [0.05, 0.1) is 5.60 Å². The van der Waals surface area contributed by atoms with Gasteiger partial charge in [-0.15, -0.1) is 0 Å². The van der Waals surface area contributed by atoms with E-state index < -0.39 is 70.8 Å². The molecule has 1 N–H and O–H groups in total. The average Bonchev–Trinajstić information content (AvgIpc) is 3.17. The molecular weight excluding hydrogens is 837 g/mol. The van der Waals surface area contributed by atoms with Crippen LogP contribution in [0.15, 0.2) is 135 Å². The number of aliphatic imine (C=N–C) groups is 1. The van der Waals surface area contributed by atoms with Crippen molar-refractivity contribution in [2.75, 3.05) is 13.1 Å². The number of amides is 1. The first-order valence-corrected chi connectivity index (χ1v) is 22.1. The van der Waals surface area contributed by atoms with Crippen LogP contribution in [0.5, 0.6) is 0 Å². The number of nitrogens with one attached hydrogen (secondary N) is 1. The van der Waals surface area contributed by atoms with Crippen LogP contribution in [0.3, 0.4) is 0 Å². The maximum absolute atomic E-state index is 13.8. The summed E-state index contributed by atoms with van der Waals surface area (Å²) in [6.45, 7) is 28.9. The summed E-state index contributed by atoms with van der Waals surface area (Å²) in [5.74, 6) is -4.12. The van der Waals surface area contributed by atoms with E-state index in [2.05, 4.69) is 10.3 Å². The van der Waals surface area contributed by atoms with Gasteiger partial charge in [-0.05, 0) is 111 Å². The van der Waals surface area contributed by atoms with E-state index in [1.165, 1.54) is 6.08 Å². The molecule has 358 valence electrons. The van der Waals surface area contributed by atoms with Gasteiger partial charge in [0, 0.05) is 18.4 Å². The second-order valence-corrected chi connectivity index (χ2v) is 20.0. The monoisotopic (exact) mass is 909 g/mol. The Hall–Kier alpha value is -5.97. The number of hydrogen-bond acceptors (Lipinski definition) is 11. The fraction of sp³-hybridized carbons (Fsp3) is 0.481. The fourth-order valence-corrected chi connectivity index (χ4v) is 7.44. The molecule has 0 aromatic rings. The molecule has 0 spiro atoms. The van der Waals surface area contributed by atoms with Crippen molar-refractivity contribution < 1.29 is 47.7 Å². The van der Waals surface area contributed by atoms with Gasteiger partial charge in [0.25, 0.3) is 5.79 Å². The molecule has 0 saturated heterocycles. The summed E-state index contributed by atoms with van der Waals surface area (Å²) in [6, 6.07) is 0. The first-order chi connectivity index (χ1) is 30.4. The van der Waals surface area contributed by atoms with Gasteiger partial charge in [-0.25, -0.2) is 14.4 Å². The van der Waals surface area contributed by atoms with E-state index in [4.69, 9.17) is 18.9 Å². The van der Waals surface area contributed by atoms with E-state index in [1.54, 1.807) is 55.4 Å².